The first-order valence-corrected chi connectivity index (χ1v) is 2.51. The van der Waals surface area contributed by atoms with Crippen LogP contribution in [0.3, 0.4) is 0 Å². The number of hydrogen-bond acceptors (Lipinski definition) is 0. The SMILES string of the molecule is C=CCC=C(C)C.[H-].[Li+]. The molecule has 0 saturated carbocycles. The largest absolute Gasteiger partial charge is 1.00 e. The summed E-state index contributed by atoms with van der Waals surface area (Å²) in [6.07, 6.45) is 5.04. The first-order chi connectivity index (χ1) is 3.27. The van der Waals surface area contributed by atoms with E-state index in [0.29, 0.717) is 0 Å². The van der Waals surface area contributed by atoms with Crippen LogP contribution in [0.4, 0.5) is 0 Å². The minimum Gasteiger partial charge on any atom is -1.00 e. The van der Waals surface area contributed by atoms with Gasteiger partial charge < -0.3 is 1.43 Å². The van der Waals surface area contributed by atoms with Crippen molar-refractivity contribution in [2.75, 3.05) is 0 Å². The third-order valence-electron chi connectivity index (χ3n) is 0.693. The van der Waals surface area contributed by atoms with Crippen molar-refractivity contribution in [3.05, 3.63) is 24.3 Å². The molecule has 0 aliphatic rings. The van der Waals surface area contributed by atoms with Gasteiger partial charge in [0.15, 0.2) is 0 Å². The van der Waals surface area contributed by atoms with E-state index in [1.807, 2.05) is 6.08 Å². The molecule has 0 aliphatic carbocycles. The average Bonchev–Trinajstić information content (AvgIpc) is 1.61. The zero-order valence-corrected chi connectivity index (χ0v) is 6.07. The summed E-state index contributed by atoms with van der Waals surface area (Å²) in [6.45, 7) is 7.76. The molecule has 0 heterocycles. The molecule has 0 bridgehead atoms. The van der Waals surface area contributed by atoms with Crippen molar-refractivity contribution < 1.29 is 20.3 Å². The van der Waals surface area contributed by atoms with Gasteiger partial charge in [0, 0.05) is 0 Å². The third-order valence-corrected chi connectivity index (χ3v) is 0.693. The Labute approximate surface area is 65.3 Å². The molecule has 0 saturated heterocycles. The van der Waals surface area contributed by atoms with Gasteiger partial charge in [0.2, 0.25) is 0 Å². The van der Waals surface area contributed by atoms with E-state index in [0.717, 1.165) is 6.42 Å². The fraction of sp³-hybridized carbons (Fsp3) is 0.429. The van der Waals surface area contributed by atoms with Crippen LogP contribution in [0.25, 0.3) is 0 Å². The van der Waals surface area contributed by atoms with Crippen molar-refractivity contribution in [1.82, 2.24) is 0 Å². The molecule has 0 unspecified atom stereocenters. The van der Waals surface area contributed by atoms with Crippen LogP contribution in [-0.2, 0) is 0 Å². The van der Waals surface area contributed by atoms with Crippen LogP contribution in [0.1, 0.15) is 21.7 Å². The number of rotatable bonds is 2. The standard InChI is InChI=1S/C7H12.Li.H/c1-4-5-6-7(2)3;;/h4,6H,1,5H2,2-3H3;;/q;+1;-1. The van der Waals surface area contributed by atoms with E-state index in [-0.39, 0.29) is 20.3 Å². The molecule has 0 spiro atoms. The molecular weight excluding hydrogens is 91.0 g/mol. The maximum atomic E-state index is 3.59. The molecule has 0 N–H and O–H groups in total. The van der Waals surface area contributed by atoms with Crippen LogP contribution >= 0.6 is 0 Å². The van der Waals surface area contributed by atoms with Gasteiger partial charge in [-0.25, -0.2) is 0 Å². The van der Waals surface area contributed by atoms with E-state index in [1.54, 1.807) is 0 Å². The molecule has 0 radical (unpaired) electrons. The fourth-order valence-corrected chi connectivity index (χ4v) is 0.319. The topological polar surface area (TPSA) is 0 Å². The van der Waals surface area contributed by atoms with Crippen molar-refractivity contribution in [1.29, 1.82) is 0 Å². The molecule has 8 heavy (non-hydrogen) atoms. The number of hydrogen-bond donors (Lipinski definition) is 0. The zero-order chi connectivity index (χ0) is 5.70. The third kappa shape index (κ3) is 9.42. The van der Waals surface area contributed by atoms with Gasteiger partial charge in [-0.05, 0) is 20.3 Å². The minimum absolute atomic E-state index is 0. The van der Waals surface area contributed by atoms with E-state index in [9.17, 15) is 0 Å². The van der Waals surface area contributed by atoms with Crippen LogP contribution in [0.5, 0.6) is 0 Å². The summed E-state index contributed by atoms with van der Waals surface area (Å²) < 4.78 is 0. The van der Waals surface area contributed by atoms with Crippen molar-refractivity contribution in [3.63, 3.8) is 0 Å². The molecule has 0 atom stereocenters. The molecule has 0 rings (SSSR count). The molecule has 1 heteroatoms. The van der Waals surface area contributed by atoms with Crippen molar-refractivity contribution in [2.24, 2.45) is 0 Å². The first kappa shape index (κ1) is 11.0. The molecule has 0 nitrogen and oxygen atoms in total. The summed E-state index contributed by atoms with van der Waals surface area (Å²) in [5.41, 5.74) is 1.36. The van der Waals surface area contributed by atoms with Crippen molar-refractivity contribution >= 4 is 0 Å². The van der Waals surface area contributed by atoms with Gasteiger partial charge in [-0.3, -0.25) is 0 Å². The van der Waals surface area contributed by atoms with E-state index >= 15 is 0 Å². The maximum absolute atomic E-state index is 3.59. The number of allylic oxidation sites excluding steroid dienone is 3. The van der Waals surface area contributed by atoms with Gasteiger partial charge in [0.1, 0.15) is 0 Å². The molecule has 0 aromatic heterocycles. The second-order valence-electron chi connectivity index (χ2n) is 1.81. The van der Waals surface area contributed by atoms with Crippen LogP contribution in [0, 0.1) is 0 Å². The van der Waals surface area contributed by atoms with Crippen molar-refractivity contribution in [3.8, 4) is 0 Å². The molecule has 0 fully saturated rings. The normalized spacial score (nSPS) is 6.75. The second-order valence-corrected chi connectivity index (χ2v) is 1.81. The Balaban J connectivity index is -0.000000180. The summed E-state index contributed by atoms with van der Waals surface area (Å²) in [6, 6.07) is 0. The summed E-state index contributed by atoms with van der Waals surface area (Å²) in [5.74, 6) is 0. The second kappa shape index (κ2) is 7.08. The van der Waals surface area contributed by atoms with Gasteiger partial charge in [-0.1, -0.05) is 17.7 Å². The Morgan fingerprint density at radius 3 is 2.25 bits per heavy atom. The van der Waals surface area contributed by atoms with Crippen LogP contribution < -0.4 is 18.9 Å². The smallest absolute Gasteiger partial charge is 1.00 e. The zero-order valence-electron chi connectivity index (χ0n) is 7.07. The Kier molecular flexibility index (Phi) is 9.69. The first-order valence-electron chi connectivity index (χ1n) is 2.51. The van der Waals surface area contributed by atoms with Gasteiger partial charge in [-0.2, -0.15) is 0 Å². The van der Waals surface area contributed by atoms with E-state index < -0.39 is 0 Å². The van der Waals surface area contributed by atoms with Gasteiger partial charge in [-0.15, -0.1) is 6.58 Å². The monoisotopic (exact) mass is 104 g/mol. The minimum atomic E-state index is 0. The van der Waals surface area contributed by atoms with Crippen LogP contribution in [0.2, 0.25) is 0 Å². The predicted molar refractivity (Wildman–Crippen MR) is 35.4 cm³/mol. The average molecular weight is 104 g/mol. The van der Waals surface area contributed by atoms with E-state index in [4.69, 9.17) is 0 Å². The van der Waals surface area contributed by atoms with E-state index in [1.165, 1.54) is 5.57 Å². The Hall–Kier alpha value is 0.0774. The maximum Gasteiger partial charge on any atom is 1.00 e. The molecule has 0 aromatic carbocycles. The van der Waals surface area contributed by atoms with Crippen molar-refractivity contribution in [2.45, 2.75) is 20.3 Å². The molecule has 0 amide bonds. The van der Waals surface area contributed by atoms with Crippen LogP contribution in [-0.4, -0.2) is 0 Å². The predicted octanol–water partition coefficient (Wildman–Crippen LogP) is -0.355. The summed E-state index contributed by atoms with van der Waals surface area (Å²) in [5, 5.41) is 0. The fourth-order valence-electron chi connectivity index (χ4n) is 0.319. The summed E-state index contributed by atoms with van der Waals surface area (Å²) in [4.78, 5) is 0. The van der Waals surface area contributed by atoms with Gasteiger partial charge in [0.25, 0.3) is 0 Å². The van der Waals surface area contributed by atoms with E-state index in [2.05, 4.69) is 26.5 Å². The molecule has 42 valence electrons. The molecule has 0 aliphatic heterocycles. The van der Waals surface area contributed by atoms with Gasteiger partial charge in [0.05, 0.1) is 0 Å². The van der Waals surface area contributed by atoms with Gasteiger partial charge >= 0.3 is 18.9 Å². The summed E-state index contributed by atoms with van der Waals surface area (Å²) >= 11 is 0. The Bertz CT molecular complexity index is 82.9. The molecular formula is C7H13Li. The molecule has 0 aromatic rings. The quantitative estimate of drug-likeness (QED) is 0.331. The Morgan fingerprint density at radius 2 is 2.12 bits per heavy atom. The van der Waals surface area contributed by atoms with Crippen LogP contribution in [0.15, 0.2) is 24.3 Å². The summed E-state index contributed by atoms with van der Waals surface area (Å²) in [7, 11) is 0. The Morgan fingerprint density at radius 1 is 1.62 bits per heavy atom.